The normalized spacial score (nSPS) is 11.7. The van der Waals surface area contributed by atoms with Crippen LogP contribution >= 0.6 is 0 Å². The van der Waals surface area contributed by atoms with Gasteiger partial charge in [0.05, 0.1) is 7.11 Å². The molecule has 2 aromatic rings. The molecule has 98 valence electrons. The lowest BCUT2D eigenvalue weighted by Crippen LogP contribution is -2.22. The Balaban J connectivity index is 2.04. The number of benzene rings is 2. The zero-order valence-corrected chi connectivity index (χ0v) is 10.4. The van der Waals surface area contributed by atoms with Gasteiger partial charge in [0.2, 0.25) is 5.78 Å². The van der Waals surface area contributed by atoms with Crippen molar-refractivity contribution in [1.82, 2.24) is 0 Å². The van der Waals surface area contributed by atoms with Gasteiger partial charge in [-0.25, -0.2) is 0 Å². The van der Waals surface area contributed by atoms with E-state index in [-0.39, 0.29) is 11.3 Å². The fourth-order valence-electron chi connectivity index (χ4n) is 1.56. The minimum atomic E-state index is -2.02. The molecule has 0 fully saturated rings. The Morgan fingerprint density at radius 2 is 1.58 bits per heavy atom. The van der Waals surface area contributed by atoms with Crippen molar-refractivity contribution in [2.45, 2.75) is 6.36 Å². The summed E-state index contributed by atoms with van der Waals surface area (Å²) in [5.74, 6) is 0.214. The van der Waals surface area contributed by atoms with Gasteiger partial charge in [0.1, 0.15) is 11.5 Å². The predicted octanol–water partition coefficient (Wildman–Crippen LogP) is 3.25. The molecule has 0 radical (unpaired) electrons. The molecule has 19 heavy (non-hydrogen) atoms. The van der Waals surface area contributed by atoms with E-state index in [0.29, 0.717) is 5.75 Å². The topological polar surface area (TPSA) is 35.5 Å². The Bertz CT molecular complexity index is 537. The Morgan fingerprint density at radius 3 is 2.16 bits per heavy atom. The summed E-state index contributed by atoms with van der Waals surface area (Å²) in [6.07, 6.45) is -2.02. The second kappa shape index (κ2) is 6.00. The summed E-state index contributed by atoms with van der Waals surface area (Å²) in [4.78, 5) is 11.7. The molecule has 0 saturated carbocycles. The van der Waals surface area contributed by atoms with E-state index in [1.54, 1.807) is 54.6 Å². The molecule has 0 spiro atoms. The maximum Gasteiger partial charge on any atom is 0.301 e. The molecule has 0 heterocycles. The van der Waals surface area contributed by atoms with Crippen LogP contribution in [-0.2, 0) is 0 Å². The number of carbonyl (C=O) groups is 1. The van der Waals surface area contributed by atoms with E-state index >= 15 is 0 Å². The van der Waals surface area contributed by atoms with E-state index in [0.717, 1.165) is 0 Å². The maximum atomic E-state index is 13.7. The summed E-state index contributed by atoms with van der Waals surface area (Å²) in [7, 11) is 1.53. The number of hydrogen-bond acceptors (Lipinski definition) is 3. The minimum absolute atomic E-state index is 0.276. The highest BCUT2D eigenvalue weighted by Crippen LogP contribution is 2.19. The van der Waals surface area contributed by atoms with E-state index in [2.05, 4.69) is 0 Å². The van der Waals surface area contributed by atoms with Gasteiger partial charge in [0.25, 0.3) is 0 Å². The van der Waals surface area contributed by atoms with Gasteiger partial charge >= 0.3 is 6.36 Å². The predicted molar refractivity (Wildman–Crippen MR) is 69.3 cm³/mol. The molecule has 2 rings (SSSR count). The SMILES string of the molecule is COc1ccc(OC(F)C(=O)c2ccccc2)cc1. The van der Waals surface area contributed by atoms with E-state index in [1.807, 2.05) is 0 Å². The van der Waals surface area contributed by atoms with Gasteiger partial charge in [-0.05, 0) is 24.3 Å². The molecule has 0 aliphatic rings. The van der Waals surface area contributed by atoms with Crippen LogP contribution in [0, 0.1) is 0 Å². The number of rotatable bonds is 5. The minimum Gasteiger partial charge on any atom is -0.497 e. The molecule has 1 atom stereocenters. The van der Waals surface area contributed by atoms with Crippen molar-refractivity contribution >= 4 is 5.78 Å². The molecule has 0 bridgehead atoms. The average Bonchev–Trinajstić information content (AvgIpc) is 2.48. The van der Waals surface area contributed by atoms with Crippen LogP contribution in [0.3, 0.4) is 0 Å². The highest BCUT2D eigenvalue weighted by molar-refractivity contribution is 5.98. The van der Waals surface area contributed by atoms with Gasteiger partial charge in [-0.15, -0.1) is 0 Å². The van der Waals surface area contributed by atoms with Crippen LogP contribution in [0.15, 0.2) is 54.6 Å². The van der Waals surface area contributed by atoms with Crippen molar-refractivity contribution in [2.75, 3.05) is 7.11 Å². The van der Waals surface area contributed by atoms with Crippen LogP contribution in [-0.4, -0.2) is 19.3 Å². The van der Waals surface area contributed by atoms with Gasteiger partial charge in [-0.2, -0.15) is 4.39 Å². The molecule has 1 unspecified atom stereocenters. The second-order valence-electron chi connectivity index (χ2n) is 3.84. The van der Waals surface area contributed by atoms with Gasteiger partial charge in [-0.1, -0.05) is 30.3 Å². The van der Waals surface area contributed by atoms with Crippen molar-refractivity contribution < 1.29 is 18.7 Å². The number of carbonyl (C=O) groups excluding carboxylic acids is 1. The Labute approximate surface area is 110 Å². The average molecular weight is 260 g/mol. The first-order valence-electron chi connectivity index (χ1n) is 5.75. The standard InChI is InChI=1S/C15H13FO3/c1-18-12-7-9-13(10-8-12)19-15(16)14(17)11-5-3-2-4-6-11/h2-10,15H,1H3. The number of methoxy groups -OCH3 is 1. The summed E-state index contributed by atoms with van der Waals surface area (Å²) in [5, 5.41) is 0. The highest BCUT2D eigenvalue weighted by Gasteiger charge is 2.20. The molecule has 0 amide bonds. The highest BCUT2D eigenvalue weighted by atomic mass is 19.1. The number of Topliss-reactive ketones (excluding diaryl/α,β-unsaturated/α-hetero) is 1. The monoisotopic (exact) mass is 260 g/mol. The smallest absolute Gasteiger partial charge is 0.301 e. The number of halogens is 1. The Kier molecular flexibility index (Phi) is 4.13. The summed E-state index contributed by atoms with van der Waals surface area (Å²) < 4.78 is 23.7. The third kappa shape index (κ3) is 3.31. The van der Waals surface area contributed by atoms with Crippen molar-refractivity contribution in [3.8, 4) is 11.5 Å². The second-order valence-corrected chi connectivity index (χ2v) is 3.84. The molecule has 0 aliphatic carbocycles. The van der Waals surface area contributed by atoms with Crippen LogP contribution in [0.25, 0.3) is 0 Å². The third-order valence-electron chi connectivity index (χ3n) is 2.56. The maximum absolute atomic E-state index is 13.7. The quantitative estimate of drug-likeness (QED) is 0.774. The summed E-state index contributed by atoms with van der Waals surface area (Å²) >= 11 is 0. The largest absolute Gasteiger partial charge is 0.497 e. The molecular formula is C15H13FO3. The fourth-order valence-corrected chi connectivity index (χ4v) is 1.56. The van der Waals surface area contributed by atoms with Crippen LogP contribution in [0.2, 0.25) is 0 Å². The van der Waals surface area contributed by atoms with Crippen LogP contribution in [0.4, 0.5) is 4.39 Å². The van der Waals surface area contributed by atoms with Crippen molar-refractivity contribution in [1.29, 1.82) is 0 Å². The summed E-state index contributed by atoms with van der Waals surface area (Å²) in [6.45, 7) is 0. The van der Waals surface area contributed by atoms with Crippen molar-refractivity contribution in [2.24, 2.45) is 0 Å². The summed E-state index contributed by atoms with van der Waals surface area (Å²) in [6, 6.07) is 14.6. The van der Waals surface area contributed by atoms with Gasteiger partial charge in [0, 0.05) is 5.56 Å². The number of hydrogen-bond donors (Lipinski definition) is 0. The van der Waals surface area contributed by atoms with E-state index in [9.17, 15) is 9.18 Å². The van der Waals surface area contributed by atoms with Crippen LogP contribution in [0.1, 0.15) is 10.4 Å². The lowest BCUT2D eigenvalue weighted by Gasteiger charge is -2.10. The zero-order valence-electron chi connectivity index (χ0n) is 10.4. The molecule has 2 aromatic carbocycles. The Hall–Kier alpha value is -2.36. The molecule has 0 aromatic heterocycles. The molecular weight excluding hydrogens is 247 g/mol. The van der Waals surface area contributed by atoms with Crippen molar-refractivity contribution in [3.63, 3.8) is 0 Å². The first-order valence-corrected chi connectivity index (χ1v) is 5.75. The third-order valence-corrected chi connectivity index (χ3v) is 2.56. The lowest BCUT2D eigenvalue weighted by molar-refractivity contribution is 0.0451. The Morgan fingerprint density at radius 1 is 1.00 bits per heavy atom. The van der Waals surface area contributed by atoms with E-state index < -0.39 is 12.1 Å². The zero-order chi connectivity index (χ0) is 13.7. The molecule has 0 N–H and O–H groups in total. The lowest BCUT2D eigenvalue weighted by atomic mass is 10.1. The van der Waals surface area contributed by atoms with Crippen molar-refractivity contribution in [3.05, 3.63) is 60.2 Å². The molecule has 4 heteroatoms. The molecule has 0 saturated heterocycles. The van der Waals surface area contributed by atoms with Crippen LogP contribution in [0.5, 0.6) is 11.5 Å². The van der Waals surface area contributed by atoms with Gasteiger partial charge < -0.3 is 9.47 Å². The van der Waals surface area contributed by atoms with E-state index in [4.69, 9.17) is 9.47 Å². The number of ketones is 1. The summed E-state index contributed by atoms with van der Waals surface area (Å²) in [5.41, 5.74) is 0.281. The van der Waals surface area contributed by atoms with Gasteiger partial charge in [0.15, 0.2) is 0 Å². The first kappa shape index (κ1) is 13.1. The number of alkyl halides is 1. The molecule has 0 aliphatic heterocycles. The van der Waals surface area contributed by atoms with E-state index in [1.165, 1.54) is 7.11 Å². The number of ether oxygens (including phenoxy) is 2. The molecule has 3 nitrogen and oxygen atoms in total. The van der Waals surface area contributed by atoms with Crippen LogP contribution < -0.4 is 9.47 Å². The fraction of sp³-hybridized carbons (Fsp3) is 0.133. The van der Waals surface area contributed by atoms with Gasteiger partial charge in [-0.3, -0.25) is 4.79 Å². The first-order chi connectivity index (χ1) is 9.20.